The lowest BCUT2D eigenvalue weighted by atomic mass is 9.97. The molecule has 0 N–H and O–H groups in total. The Bertz CT molecular complexity index is 3350. The van der Waals surface area contributed by atoms with Crippen molar-refractivity contribution in [2.45, 2.75) is 0 Å². The van der Waals surface area contributed by atoms with Crippen LogP contribution in [0.2, 0.25) is 0 Å². The van der Waals surface area contributed by atoms with E-state index in [1.807, 2.05) is 121 Å². The summed E-state index contributed by atoms with van der Waals surface area (Å²) in [5.74, 6) is 1.73. The fourth-order valence-electron chi connectivity index (χ4n) is 8.11. The van der Waals surface area contributed by atoms with Gasteiger partial charge in [0, 0.05) is 44.3 Å². The molecule has 0 atom stereocenters. The average molecular weight is 745 g/mol. The molecule has 0 saturated heterocycles. The highest BCUT2D eigenvalue weighted by Gasteiger charge is 2.19. The SMILES string of the molecule is O=c1c2cccc(-c3cccc(-c4nc(-c5ccccc5)nc(-c5ccccc5)n4)c3)c2oc2c(-c3ccc4c(c3)c3ccccc3n4-c3ccccc3)cccc12. The van der Waals surface area contributed by atoms with Crippen LogP contribution in [0.3, 0.4) is 0 Å². The van der Waals surface area contributed by atoms with Crippen molar-refractivity contribution in [2.24, 2.45) is 0 Å². The summed E-state index contributed by atoms with van der Waals surface area (Å²) in [6.07, 6.45) is 0. The summed E-state index contributed by atoms with van der Waals surface area (Å²) in [4.78, 5) is 29.1. The Balaban J connectivity index is 1.07. The summed E-state index contributed by atoms with van der Waals surface area (Å²) in [7, 11) is 0. The van der Waals surface area contributed by atoms with Crippen LogP contribution < -0.4 is 5.43 Å². The van der Waals surface area contributed by atoms with Crippen LogP contribution >= 0.6 is 0 Å². The van der Waals surface area contributed by atoms with Crippen LogP contribution in [0.5, 0.6) is 0 Å². The number of fused-ring (bicyclic) bond motifs is 5. The highest BCUT2D eigenvalue weighted by atomic mass is 16.3. The maximum Gasteiger partial charge on any atom is 0.200 e. The zero-order valence-corrected chi connectivity index (χ0v) is 31.1. The molecule has 0 bridgehead atoms. The summed E-state index contributed by atoms with van der Waals surface area (Å²) >= 11 is 0. The van der Waals surface area contributed by atoms with Gasteiger partial charge in [-0.25, -0.2) is 15.0 Å². The summed E-state index contributed by atoms with van der Waals surface area (Å²) in [6, 6.07) is 65.0. The molecule has 11 rings (SSSR count). The van der Waals surface area contributed by atoms with Crippen molar-refractivity contribution >= 4 is 43.7 Å². The van der Waals surface area contributed by atoms with Crippen LogP contribution in [-0.4, -0.2) is 19.5 Å². The minimum Gasteiger partial charge on any atom is -0.455 e. The summed E-state index contributed by atoms with van der Waals surface area (Å²) in [5.41, 5.74) is 10.5. The highest BCUT2D eigenvalue weighted by Crippen LogP contribution is 2.39. The molecule has 0 aliphatic carbocycles. The maximum atomic E-state index is 14.3. The van der Waals surface area contributed by atoms with Crippen molar-refractivity contribution in [2.75, 3.05) is 0 Å². The molecule has 0 spiro atoms. The van der Waals surface area contributed by atoms with Crippen LogP contribution in [0.25, 0.3) is 106 Å². The van der Waals surface area contributed by atoms with E-state index in [0.29, 0.717) is 39.4 Å². The van der Waals surface area contributed by atoms with E-state index in [2.05, 4.69) is 77.4 Å². The summed E-state index contributed by atoms with van der Waals surface area (Å²) in [6.45, 7) is 0. The number of rotatable bonds is 6. The number of hydrogen-bond donors (Lipinski definition) is 0. The van der Waals surface area contributed by atoms with Crippen molar-refractivity contribution in [1.29, 1.82) is 0 Å². The van der Waals surface area contributed by atoms with Gasteiger partial charge in [-0.15, -0.1) is 0 Å². The summed E-state index contributed by atoms with van der Waals surface area (Å²) < 4.78 is 9.22. The van der Waals surface area contributed by atoms with Gasteiger partial charge in [-0.2, -0.15) is 0 Å². The standard InChI is InChI=1S/C52H32N4O2/c57-47-42-26-13-24-39(35-19-12-20-37(31-35)52-54-50(33-15-4-1-5-16-33)53-51(55-52)34-17-6-2-7-18-34)48(42)58-49-40(25-14-27-43(47)49)36-29-30-46-44(32-36)41-23-10-11-28-45(41)56(46)38-21-8-3-9-22-38/h1-32H. The molecule has 272 valence electrons. The Labute approximate surface area is 333 Å². The third kappa shape index (κ3) is 5.58. The van der Waals surface area contributed by atoms with Gasteiger partial charge in [-0.1, -0.05) is 146 Å². The van der Waals surface area contributed by atoms with Crippen LogP contribution in [-0.2, 0) is 0 Å². The monoisotopic (exact) mass is 744 g/mol. The molecule has 58 heavy (non-hydrogen) atoms. The molecule has 0 radical (unpaired) electrons. The van der Waals surface area contributed by atoms with Gasteiger partial charge in [0.1, 0.15) is 11.2 Å². The molecule has 0 unspecified atom stereocenters. The van der Waals surface area contributed by atoms with Crippen LogP contribution in [0.4, 0.5) is 0 Å². The van der Waals surface area contributed by atoms with Crippen molar-refractivity contribution in [1.82, 2.24) is 19.5 Å². The van der Waals surface area contributed by atoms with E-state index in [4.69, 9.17) is 19.4 Å². The zero-order valence-electron chi connectivity index (χ0n) is 31.1. The second kappa shape index (κ2) is 13.7. The topological polar surface area (TPSA) is 73.8 Å². The number of aromatic nitrogens is 4. The van der Waals surface area contributed by atoms with Gasteiger partial charge in [0.05, 0.1) is 21.8 Å². The lowest BCUT2D eigenvalue weighted by Gasteiger charge is -2.12. The van der Waals surface area contributed by atoms with E-state index in [-0.39, 0.29) is 5.43 Å². The largest absolute Gasteiger partial charge is 0.455 e. The van der Waals surface area contributed by atoms with Crippen molar-refractivity contribution in [3.05, 3.63) is 204 Å². The second-order valence-electron chi connectivity index (χ2n) is 14.3. The molecule has 0 amide bonds. The molecule has 11 aromatic rings. The van der Waals surface area contributed by atoms with Gasteiger partial charge in [-0.3, -0.25) is 4.79 Å². The summed E-state index contributed by atoms with van der Waals surface area (Å²) in [5, 5.41) is 3.34. The third-order valence-corrected chi connectivity index (χ3v) is 10.9. The first-order valence-corrected chi connectivity index (χ1v) is 19.2. The van der Waals surface area contributed by atoms with Gasteiger partial charge in [0.25, 0.3) is 0 Å². The first-order valence-electron chi connectivity index (χ1n) is 19.2. The molecular formula is C52H32N4O2. The molecule has 6 heteroatoms. The van der Waals surface area contributed by atoms with Crippen molar-refractivity contribution in [3.8, 4) is 62.1 Å². The molecule has 8 aromatic carbocycles. The lowest BCUT2D eigenvalue weighted by Crippen LogP contribution is -2.03. The van der Waals surface area contributed by atoms with E-state index in [1.54, 1.807) is 0 Å². The van der Waals surface area contributed by atoms with Crippen LogP contribution in [0.1, 0.15) is 0 Å². The number of benzene rings is 8. The number of hydrogen-bond acceptors (Lipinski definition) is 5. The Morgan fingerprint density at radius 3 is 1.47 bits per heavy atom. The first-order chi connectivity index (χ1) is 28.7. The van der Waals surface area contributed by atoms with Crippen LogP contribution in [0.15, 0.2) is 203 Å². The molecule has 0 fully saturated rings. The van der Waals surface area contributed by atoms with E-state index in [0.717, 1.165) is 66.4 Å². The first kappa shape index (κ1) is 33.4. The van der Waals surface area contributed by atoms with E-state index >= 15 is 0 Å². The quantitative estimate of drug-likeness (QED) is 0.159. The van der Waals surface area contributed by atoms with Gasteiger partial charge in [0.2, 0.25) is 5.43 Å². The maximum absolute atomic E-state index is 14.3. The molecular weight excluding hydrogens is 713 g/mol. The minimum atomic E-state index is -0.0738. The van der Waals surface area contributed by atoms with Crippen molar-refractivity contribution < 1.29 is 4.42 Å². The Morgan fingerprint density at radius 2 is 0.828 bits per heavy atom. The lowest BCUT2D eigenvalue weighted by molar-refractivity contribution is 0.662. The minimum absolute atomic E-state index is 0.0738. The van der Waals surface area contributed by atoms with Gasteiger partial charge >= 0.3 is 0 Å². The Morgan fingerprint density at radius 1 is 0.362 bits per heavy atom. The second-order valence-corrected chi connectivity index (χ2v) is 14.3. The molecule has 0 aliphatic heterocycles. The Kier molecular flexibility index (Phi) is 7.86. The predicted molar refractivity (Wildman–Crippen MR) is 235 cm³/mol. The van der Waals surface area contributed by atoms with E-state index < -0.39 is 0 Å². The number of para-hydroxylation sites is 4. The van der Waals surface area contributed by atoms with Crippen molar-refractivity contribution in [3.63, 3.8) is 0 Å². The Hall–Kier alpha value is -7.96. The third-order valence-electron chi connectivity index (χ3n) is 10.9. The normalized spacial score (nSPS) is 11.5. The van der Waals surface area contributed by atoms with E-state index in [1.165, 1.54) is 0 Å². The fraction of sp³-hybridized carbons (Fsp3) is 0. The van der Waals surface area contributed by atoms with Gasteiger partial charge in [-0.05, 0) is 59.7 Å². The zero-order chi connectivity index (χ0) is 38.6. The highest BCUT2D eigenvalue weighted by molar-refractivity contribution is 6.11. The fourth-order valence-corrected chi connectivity index (χ4v) is 8.11. The van der Waals surface area contributed by atoms with E-state index in [9.17, 15) is 4.79 Å². The average Bonchev–Trinajstić information content (AvgIpc) is 3.63. The molecule has 0 saturated carbocycles. The molecule has 3 heterocycles. The van der Waals surface area contributed by atoms with Crippen LogP contribution in [0, 0.1) is 0 Å². The molecule has 3 aromatic heterocycles. The predicted octanol–water partition coefficient (Wildman–Crippen LogP) is 12.6. The molecule has 6 nitrogen and oxygen atoms in total. The molecule has 0 aliphatic rings. The number of nitrogens with zero attached hydrogens (tertiary/aromatic N) is 4. The van der Waals surface area contributed by atoms with Gasteiger partial charge < -0.3 is 8.98 Å². The smallest absolute Gasteiger partial charge is 0.200 e. The van der Waals surface area contributed by atoms with Gasteiger partial charge in [0.15, 0.2) is 17.5 Å².